The summed E-state index contributed by atoms with van der Waals surface area (Å²) in [6, 6.07) is 25.6. The molecule has 7 nitrogen and oxygen atoms in total. The fourth-order valence-electron chi connectivity index (χ4n) is 5.81. The fourth-order valence-corrected chi connectivity index (χ4v) is 5.81. The maximum absolute atomic E-state index is 12.7. The highest BCUT2D eigenvalue weighted by Crippen LogP contribution is 2.34. The molecule has 0 aliphatic heterocycles. The minimum atomic E-state index is -0.414. The van der Waals surface area contributed by atoms with Crippen molar-refractivity contribution in [2.24, 2.45) is 0 Å². The first-order chi connectivity index (χ1) is 23.0. The smallest absolute Gasteiger partial charge is 0.343 e. The lowest BCUT2D eigenvalue weighted by Crippen LogP contribution is -2.21. The molecule has 0 radical (unpaired) electrons. The average Bonchev–Trinajstić information content (AvgIpc) is 3.11. The largest absolute Gasteiger partial charge is 0.466 e. The Hall–Kier alpha value is -4.23. The van der Waals surface area contributed by atoms with Crippen molar-refractivity contribution in [3.8, 4) is 16.9 Å². The van der Waals surface area contributed by atoms with Gasteiger partial charge in [0.05, 0.1) is 24.9 Å². The van der Waals surface area contributed by atoms with Crippen LogP contribution in [0.15, 0.2) is 91.5 Å². The molecule has 3 aromatic carbocycles. The highest BCUT2D eigenvalue weighted by atomic mass is 16.5. The normalized spacial score (nSPS) is 15.8. The second-order valence-electron chi connectivity index (χ2n) is 12.1. The Bertz CT molecular complexity index is 1370. The van der Waals surface area contributed by atoms with E-state index in [4.69, 9.17) is 18.9 Å². The lowest BCUT2D eigenvalue weighted by atomic mass is 9.82. The summed E-state index contributed by atoms with van der Waals surface area (Å²) in [4.78, 5) is 35.5. The van der Waals surface area contributed by atoms with Crippen LogP contribution < -0.4 is 4.74 Å². The molecular weight excluding hydrogens is 592 g/mol. The van der Waals surface area contributed by atoms with Gasteiger partial charge in [-0.2, -0.15) is 0 Å². The highest BCUT2D eigenvalue weighted by molar-refractivity contribution is 5.91. The van der Waals surface area contributed by atoms with Crippen molar-refractivity contribution >= 4 is 17.9 Å². The topological polar surface area (TPSA) is 88.1 Å². The lowest BCUT2D eigenvalue weighted by molar-refractivity contribution is -0.144. The molecule has 1 aliphatic carbocycles. The van der Waals surface area contributed by atoms with E-state index in [2.05, 4.69) is 30.8 Å². The van der Waals surface area contributed by atoms with E-state index in [1.54, 1.807) is 0 Å². The SMILES string of the molecule is C=CC(=O)OCCCCCC(=O)OCCCCCCOC1CCC(c2ccc(C(=O)Oc3ccc(-c4ccccc4)cc3)cc2)CC1. The standard InChI is InChI=1S/C40H48O7/c1-2-38(41)45-29-12-6-9-15-39(42)46-30-11-4-3-10-28-44-36-24-20-34(21-25-36)32-16-18-35(19-17-32)40(43)47-37-26-22-33(23-27-37)31-13-7-5-8-14-31/h2,5,7-8,13-14,16-19,22-23,26-27,34,36H,1,3-4,6,9-12,15,20-21,24-25,28-30H2. The number of carbonyl (C=O) groups is 3. The summed E-state index contributed by atoms with van der Waals surface area (Å²) >= 11 is 0. The van der Waals surface area contributed by atoms with E-state index in [1.807, 2.05) is 54.6 Å². The van der Waals surface area contributed by atoms with Gasteiger partial charge in [-0.25, -0.2) is 9.59 Å². The van der Waals surface area contributed by atoms with Crippen LogP contribution in [0.3, 0.4) is 0 Å². The molecule has 0 spiro atoms. The number of esters is 3. The van der Waals surface area contributed by atoms with Crippen molar-refractivity contribution in [3.63, 3.8) is 0 Å². The van der Waals surface area contributed by atoms with Gasteiger partial charge in [-0.05, 0) is 111 Å². The minimum Gasteiger partial charge on any atom is -0.466 e. The number of hydrogen-bond donors (Lipinski definition) is 0. The zero-order valence-electron chi connectivity index (χ0n) is 27.4. The minimum absolute atomic E-state index is 0.161. The Morgan fingerprint density at radius 2 is 1.28 bits per heavy atom. The molecule has 0 aromatic heterocycles. The Kier molecular flexibility index (Phi) is 15.2. The molecule has 1 aliphatic rings. The van der Waals surface area contributed by atoms with Gasteiger partial charge < -0.3 is 18.9 Å². The highest BCUT2D eigenvalue weighted by Gasteiger charge is 2.23. The Morgan fingerprint density at radius 1 is 0.660 bits per heavy atom. The Morgan fingerprint density at radius 3 is 1.96 bits per heavy atom. The molecule has 0 unspecified atom stereocenters. The van der Waals surface area contributed by atoms with Gasteiger partial charge in [-0.1, -0.05) is 67.6 Å². The molecule has 0 heterocycles. The molecule has 250 valence electrons. The summed E-state index contributed by atoms with van der Waals surface area (Å²) < 4.78 is 22.0. The monoisotopic (exact) mass is 640 g/mol. The van der Waals surface area contributed by atoms with Gasteiger partial charge >= 0.3 is 17.9 Å². The first kappa shape index (κ1) is 35.6. The van der Waals surface area contributed by atoms with Gasteiger partial charge in [-0.3, -0.25) is 4.79 Å². The van der Waals surface area contributed by atoms with Crippen LogP contribution in [0.25, 0.3) is 11.1 Å². The molecule has 7 heteroatoms. The maximum Gasteiger partial charge on any atom is 0.343 e. The number of unbranched alkanes of at least 4 members (excludes halogenated alkanes) is 5. The van der Waals surface area contributed by atoms with Crippen LogP contribution in [0.1, 0.15) is 98.9 Å². The van der Waals surface area contributed by atoms with Crippen LogP contribution in [-0.4, -0.2) is 43.8 Å². The zero-order chi connectivity index (χ0) is 33.1. The van der Waals surface area contributed by atoms with E-state index in [1.165, 1.54) is 5.56 Å². The quantitative estimate of drug-likeness (QED) is 0.0559. The van der Waals surface area contributed by atoms with E-state index in [-0.39, 0.29) is 11.9 Å². The molecule has 3 aromatic rings. The van der Waals surface area contributed by atoms with E-state index in [0.717, 1.165) is 94.4 Å². The molecule has 1 fully saturated rings. The van der Waals surface area contributed by atoms with E-state index in [9.17, 15) is 14.4 Å². The molecule has 47 heavy (non-hydrogen) atoms. The third-order valence-corrected chi connectivity index (χ3v) is 8.56. The van der Waals surface area contributed by atoms with Crippen molar-refractivity contribution < 1.29 is 33.3 Å². The van der Waals surface area contributed by atoms with Crippen LogP contribution in [0.5, 0.6) is 5.75 Å². The Balaban J connectivity index is 1.02. The molecule has 4 rings (SSSR count). The summed E-state index contributed by atoms with van der Waals surface area (Å²) in [5.74, 6) is 0.0876. The molecule has 0 saturated heterocycles. The number of carbonyl (C=O) groups excluding carboxylic acids is 3. The summed E-state index contributed by atoms with van der Waals surface area (Å²) in [5.41, 5.74) is 4.01. The summed E-state index contributed by atoms with van der Waals surface area (Å²) in [6.07, 6.45) is 12.3. The second kappa shape index (κ2) is 20.1. The number of hydrogen-bond acceptors (Lipinski definition) is 7. The third kappa shape index (κ3) is 12.8. The second-order valence-corrected chi connectivity index (χ2v) is 12.1. The molecule has 1 saturated carbocycles. The van der Waals surface area contributed by atoms with E-state index >= 15 is 0 Å². The van der Waals surface area contributed by atoms with E-state index in [0.29, 0.717) is 43.0 Å². The van der Waals surface area contributed by atoms with Crippen LogP contribution >= 0.6 is 0 Å². The molecule has 0 N–H and O–H groups in total. The first-order valence-electron chi connectivity index (χ1n) is 17.1. The molecular formula is C40H48O7. The van der Waals surface area contributed by atoms with Gasteiger partial charge in [0.25, 0.3) is 0 Å². The van der Waals surface area contributed by atoms with Crippen molar-refractivity contribution in [1.82, 2.24) is 0 Å². The molecule has 0 amide bonds. The van der Waals surface area contributed by atoms with Gasteiger partial charge in [0.15, 0.2) is 0 Å². The number of ether oxygens (including phenoxy) is 4. The van der Waals surface area contributed by atoms with Crippen LogP contribution in [0.4, 0.5) is 0 Å². The fraction of sp³-hybridized carbons (Fsp3) is 0.425. The molecule has 0 bridgehead atoms. The average molecular weight is 641 g/mol. The van der Waals surface area contributed by atoms with Gasteiger partial charge in [0.1, 0.15) is 5.75 Å². The molecule has 0 atom stereocenters. The predicted octanol–water partition coefficient (Wildman–Crippen LogP) is 9.01. The summed E-state index contributed by atoms with van der Waals surface area (Å²) in [7, 11) is 0. The first-order valence-corrected chi connectivity index (χ1v) is 17.1. The third-order valence-electron chi connectivity index (χ3n) is 8.56. The van der Waals surface area contributed by atoms with E-state index < -0.39 is 5.97 Å². The maximum atomic E-state index is 12.7. The van der Waals surface area contributed by atoms with Crippen LogP contribution in [0.2, 0.25) is 0 Å². The van der Waals surface area contributed by atoms with Gasteiger partial charge in [0.2, 0.25) is 0 Å². The van der Waals surface area contributed by atoms with Crippen molar-refractivity contribution in [2.45, 2.75) is 89.1 Å². The van der Waals surface area contributed by atoms with Crippen molar-refractivity contribution in [2.75, 3.05) is 19.8 Å². The zero-order valence-corrected chi connectivity index (χ0v) is 27.4. The summed E-state index contributed by atoms with van der Waals surface area (Å²) in [5, 5.41) is 0. The number of rotatable bonds is 19. The number of benzene rings is 3. The lowest BCUT2D eigenvalue weighted by Gasteiger charge is -2.29. The predicted molar refractivity (Wildman–Crippen MR) is 183 cm³/mol. The van der Waals surface area contributed by atoms with Crippen LogP contribution in [0, 0.1) is 0 Å². The van der Waals surface area contributed by atoms with Crippen molar-refractivity contribution in [3.05, 3.63) is 103 Å². The summed E-state index contributed by atoms with van der Waals surface area (Å²) in [6.45, 7) is 4.94. The van der Waals surface area contributed by atoms with Crippen LogP contribution in [-0.2, 0) is 23.8 Å². The Labute approximate surface area is 279 Å². The van der Waals surface area contributed by atoms with Crippen molar-refractivity contribution in [1.29, 1.82) is 0 Å². The van der Waals surface area contributed by atoms with Gasteiger partial charge in [0, 0.05) is 19.1 Å². The van der Waals surface area contributed by atoms with Gasteiger partial charge in [-0.15, -0.1) is 0 Å².